The van der Waals surface area contributed by atoms with Gasteiger partial charge in [-0.25, -0.2) is 4.98 Å². The molecule has 2 aromatic rings. The summed E-state index contributed by atoms with van der Waals surface area (Å²) in [5.74, 6) is -0.366. The molecule has 3 rings (SSSR count). The molecular weight excluding hydrogens is 346 g/mol. The summed E-state index contributed by atoms with van der Waals surface area (Å²) in [6, 6.07) is 4.53. The fourth-order valence-electron chi connectivity index (χ4n) is 2.73. The van der Waals surface area contributed by atoms with E-state index in [4.69, 9.17) is 0 Å². The van der Waals surface area contributed by atoms with Gasteiger partial charge in [-0.3, -0.25) is 20.2 Å². The lowest BCUT2D eigenvalue weighted by atomic mass is 10.2. The lowest BCUT2D eigenvalue weighted by molar-refractivity contribution is -0.387. The Morgan fingerprint density at radius 2 is 2.12 bits per heavy atom. The predicted octanol–water partition coefficient (Wildman–Crippen LogP) is 4.29. The first-order valence-electron chi connectivity index (χ1n) is 7.71. The summed E-state index contributed by atoms with van der Waals surface area (Å²) in [6.45, 7) is 0. The molecule has 0 spiro atoms. The summed E-state index contributed by atoms with van der Waals surface area (Å²) in [5, 5.41) is 14.5. The maximum Gasteiger partial charge on any atom is 0.283 e. The van der Waals surface area contributed by atoms with Crippen LogP contribution in [0.5, 0.6) is 0 Å². The Hall–Kier alpha value is -1.93. The molecule has 0 fully saturated rings. The summed E-state index contributed by atoms with van der Waals surface area (Å²) >= 11 is 2.79. The van der Waals surface area contributed by atoms with Gasteiger partial charge in [0.05, 0.1) is 15.5 Å². The van der Waals surface area contributed by atoms with Crippen LogP contribution in [0.4, 0.5) is 10.8 Å². The van der Waals surface area contributed by atoms with E-state index >= 15 is 0 Å². The third-order valence-electron chi connectivity index (χ3n) is 3.95. The number of anilines is 1. The second-order valence-electron chi connectivity index (χ2n) is 5.55. The molecule has 1 aliphatic rings. The standard InChI is InChI=1S/C16H17N3O3S2/c1-23-14-8-7-10(9-12(14)19(21)22)15(20)18-16-17-11-5-3-2-4-6-13(11)24-16/h7-9H,2-6H2,1H3,(H,17,18,20). The minimum Gasteiger partial charge on any atom is -0.298 e. The highest BCUT2D eigenvalue weighted by Gasteiger charge is 2.19. The van der Waals surface area contributed by atoms with E-state index in [2.05, 4.69) is 10.3 Å². The van der Waals surface area contributed by atoms with E-state index in [-0.39, 0.29) is 17.2 Å². The Kier molecular flexibility index (Phi) is 5.15. The molecule has 1 aliphatic carbocycles. The van der Waals surface area contributed by atoms with E-state index in [1.54, 1.807) is 18.4 Å². The third-order valence-corrected chi connectivity index (χ3v) is 5.81. The number of benzene rings is 1. The van der Waals surface area contributed by atoms with Crippen LogP contribution in [0.2, 0.25) is 0 Å². The number of hydrogen-bond acceptors (Lipinski definition) is 6. The number of nitro benzene ring substituents is 1. The monoisotopic (exact) mass is 363 g/mol. The minimum atomic E-state index is -0.464. The number of amides is 1. The van der Waals surface area contributed by atoms with Crippen LogP contribution in [-0.4, -0.2) is 22.1 Å². The highest BCUT2D eigenvalue weighted by atomic mass is 32.2. The zero-order valence-electron chi connectivity index (χ0n) is 13.2. The zero-order valence-corrected chi connectivity index (χ0v) is 14.8. The molecular formula is C16H17N3O3S2. The number of carbonyl (C=O) groups excluding carboxylic acids is 1. The fourth-order valence-corrected chi connectivity index (χ4v) is 4.32. The number of thiazole rings is 1. The first-order chi connectivity index (χ1) is 11.6. The smallest absolute Gasteiger partial charge is 0.283 e. The topological polar surface area (TPSA) is 85.1 Å². The lowest BCUT2D eigenvalue weighted by Gasteiger charge is -2.04. The van der Waals surface area contributed by atoms with Crippen molar-refractivity contribution in [1.29, 1.82) is 0 Å². The van der Waals surface area contributed by atoms with E-state index in [1.165, 1.54) is 40.5 Å². The van der Waals surface area contributed by atoms with Crippen LogP contribution >= 0.6 is 23.1 Å². The average molecular weight is 363 g/mol. The molecule has 24 heavy (non-hydrogen) atoms. The molecule has 6 nitrogen and oxygen atoms in total. The molecule has 8 heteroatoms. The Balaban J connectivity index is 1.80. The van der Waals surface area contributed by atoms with Crippen molar-refractivity contribution in [3.05, 3.63) is 44.4 Å². The zero-order chi connectivity index (χ0) is 17.1. The maximum absolute atomic E-state index is 12.4. The minimum absolute atomic E-state index is 0.0509. The van der Waals surface area contributed by atoms with Crippen LogP contribution in [0.15, 0.2) is 23.1 Å². The van der Waals surface area contributed by atoms with Crippen molar-refractivity contribution in [3.8, 4) is 0 Å². The number of carbonyl (C=O) groups is 1. The SMILES string of the molecule is CSc1ccc(C(=O)Nc2nc3c(s2)CCCCC3)cc1[N+](=O)[O-]. The van der Waals surface area contributed by atoms with Crippen LogP contribution in [0.1, 0.15) is 40.2 Å². The molecule has 1 aromatic carbocycles. The van der Waals surface area contributed by atoms with Crippen molar-refractivity contribution in [2.24, 2.45) is 0 Å². The lowest BCUT2D eigenvalue weighted by Crippen LogP contribution is -2.12. The van der Waals surface area contributed by atoms with Gasteiger partial charge in [0, 0.05) is 16.5 Å². The number of nitro groups is 1. The van der Waals surface area contributed by atoms with Crippen LogP contribution in [0.3, 0.4) is 0 Å². The van der Waals surface area contributed by atoms with Crippen molar-refractivity contribution in [2.45, 2.75) is 37.0 Å². The van der Waals surface area contributed by atoms with Crippen LogP contribution in [0, 0.1) is 10.1 Å². The molecule has 0 aliphatic heterocycles. The number of nitrogens with one attached hydrogen (secondary N) is 1. The molecule has 1 N–H and O–H groups in total. The van der Waals surface area contributed by atoms with Gasteiger partial charge < -0.3 is 0 Å². The Morgan fingerprint density at radius 3 is 2.88 bits per heavy atom. The van der Waals surface area contributed by atoms with E-state index in [0.717, 1.165) is 31.4 Å². The van der Waals surface area contributed by atoms with Crippen molar-refractivity contribution in [1.82, 2.24) is 4.98 Å². The van der Waals surface area contributed by atoms with Gasteiger partial charge in [0.1, 0.15) is 0 Å². The molecule has 0 saturated heterocycles. The number of hydrogen-bond donors (Lipinski definition) is 1. The van der Waals surface area contributed by atoms with Gasteiger partial charge in [-0.15, -0.1) is 23.1 Å². The third kappa shape index (κ3) is 3.59. The average Bonchev–Trinajstić information content (AvgIpc) is 2.82. The molecule has 0 radical (unpaired) electrons. The van der Waals surface area contributed by atoms with E-state index in [1.807, 2.05) is 0 Å². The Labute approximate surface area is 147 Å². The first kappa shape index (κ1) is 16.9. The van der Waals surface area contributed by atoms with Crippen molar-refractivity contribution in [3.63, 3.8) is 0 Å². The molecule has 0 unspecified atom stereocenters. The van der Waals surface area contributed by atoms with Crippen LogP contribution in [0.25, 0.3) is 0 Å². The van der Waals surface area contributed by atoms with Gasteiger partial charge in [0.2, 0.25) is 0 Å². The predicted molar refractivity (Wildman–Crippen MR) is 96.2 cm³/mol. The van der Waals surface area contributed by atoms with Gasteiger partial charge in [-0.1, -0.05) is 6.42 Å². The molecule has 0 saturated carbocycles. The van der Waals surface area contributed by atoms with Crippen molar-refractivity contribution >= 4 is 39.8 Å². The number of fused-ring (bicyclic) bond motifs is 1. The largest absolute Gasteiger partial charge is 0.298 e. The first-order valence-corrected chi connectivity index (χ1v) is 9.75. The van der Waals surface area contributed by atoms with E-state index < -0.39 is 4.92 Å². The molecule has 126 valence electrons. The van der Waals surface area contributed by atoms with Crippen LogP contribution in [-0.2, 0) is 12.8 Å². The van der Waals surface area contributed by atoms with Gasteiger partial charge in [0.25, 0.3) is 11.6 Å². The highest BCUT2D eigenvalue weighted by molar-refractivity contribution is 7.98. The molecule has 1 amide bonds. The Bertz CT molecular complexity index is 765. The van der Waals surface area contributed by atoms with Gasteiger partial charge in [0.15, 0.2) is 5.13 Å². The quantitative estimate of drug-likeness (QED) is 0.379. The normalized spacial score (nSPS) is 13.9. The van der Waals surface area contributed by atoms with Crippen molar-refractivity contribution in [2.75, 3.05) is 11.6 Å². The number of nitrogens with zero attached hydrogens (tertiary/aromatic N) is 2. The number of aryl methyl sites for hydroxylation is 2. The van der Waals surface area contributed by atoms with Crippen molar-refractivity contribution < 1.29 is 9.72 Å². The fraction of sp³-hybridized carbons (Fsp3) is 0.375. The van der Waals surface area contributed by atoms with E-state index in [0.29, 0.717) is 10.0 Å². The summed E-state index contributed by atoms with van der Waals surface area (Å²) in [7, 11) is 0. The molecule has 1 heterocycles. The summed E-state index contributed by atoms with van der Waals surface area (Å²) in [4.78, 5) is 29.4. The molecule has 0 bridgehead atoms. The van der Waals surface area contributed by atoms with Gasteiger partial charge in [-0.2, -0.15) is 0 Å². The number of thioether (sulfide) groups is 1. The summed E-state index contributed by atoms with van der Waals surface area (Å²) in [6.07, 6.45) is 7.24. The molecule has 1 aromatic heterocycles. The highest BCUT2D eigenvalue weighted by Crippen LogP contribution is 2.31. The van der Waals surface area contributed by atoms with E-state index in [9.17, 15) is 14.9 Å². The van der Waals surface area contributed by atoms with Gasteiger partial charge in [-0.05, 0) is 44.1 Å². The maximum atomic E-state index is 12.4. The van der Waals surface area contributed by atoms with Crippen LogP contribution < -0.4 is 5.32 Å². The number of aromatic nitrogens is 1. The second kappa shape index (κ2) is 7.31. The summed E-state index contributed by atoms with van der Waals surface area (Å²) in [5.41, 5.74) is 1.30. The second-order valence-corrected chi connectivity index (χ2v) is 7.48. The summed E-state index contributed by atoms with van der Waals surface area (Å²) < 4.78 is 0. The Morgan fingerprint density at radius 1 is 1.33 bits per heavy atom. The number of rotatable bonds is 4. The molecule has 0 atom stereocenters. The van der Waals surface area contributed by atoms with Gasteiger partial charge >= 0.3 is 0 Å².